The normalized spacial score (nSPS) is 11.0. The lowest BCUT2D eigenvalue weighted by Crippen LogP contribution is -2.21. The summed E-state index contributed by atoms with van der Waals surface area (Å²) < 4.78 is 23.4. The van der Waals surface area contributed by atoms with Crippen LogP contribution in [0, 0.1) is 6.92 Å². The zero-order chi connectivity index (χ0) is 16.9. The standard InChI is InChI=1S/C17H20N2O3S/c1-3-23(21,22)16-10-8-14(9-11-16)18-12-17(20)19-15-6-4-13(2)5-7-15/h4-11,18H,3,12H2,1-2H3,(H,19,20). The van der Waals surface area contributed by atoms with Gasteiger partial charge in [-0.05, 0) is 43.3 Å². The minimum absolute atomic E-state index is 0.0682. The molecule has 0 spiro atoms. The first-order valence-electron chi connectivity index (χ1n) is 7.34. The van der Waals surface area contributed by atoms with Gasteiger partial charge in [-0.1, -0.05) is 24.6 Å². The number of hydrogen-bond acceptors (Lipinski definition) is 4. The Morgan fingerprint density at radius 3 is 2.09 bits per heavy atom. The van der Waals surface area contributed by atoms with Gasteiger partial charge >= 0.3 is 0 Å². The smallest absolute Gasteiger partial charge is 0.243 e. The lowest BCUT2D eigenvalue weighted by molar-refractivity contribution is -0.114. The van der Waals surface area contributed by atoms with Crippen LogP contribution in [0.1, 0.15) is 12.5 Å². The van der Waals surface area contributed by atoms with Crippen molar-refractivity contribution in [3.63, 3.8) is 0 Å². The predicted molar refractivity (Wildman–Crippen MR) is 92.5 cm³/mol. The van der Waals surface area contributed by atoms with Gasteiger partial charge in [0.15, 0.2) is 9.84 Å². The Morgan fingerprint density at radius 1 is 0.957 bits per heavy atom. The number of aryl methyl sites for hydroxylation is 1. The summed E-state index contributed by atoms with van der Waals surface area (Å²) in [4.78, 5) is 12.2. The fourth-order valence-corrected chi connectivity index (χ4v) is 2.86. The van der Waals surface area contributed by atoms with E-state index in [4.69, 9.17) is 0 Å². The number of rotatable bonds is 6. The highest BCUT2D eigenvalue weighted by molar-refractivity contribution is 7.91. The van der Waals surface area contributed by atoms with Crippen molar-refractivity contribution in [2.75, 3.05) is 22.9 Å². The van der Waals surface area contributed by atoms with Gasteiger partial charge in [-0.3, -0.25) is 4.79 Å². The summed E-state index contributed by atoms with van der Waals surface area (Å²) in [5, 5.41) is 5.75. The minimum Gasteiger partial charge on any atom is -0.376 e. The topological polar surface area (TPSA) is 75.3 Å². The highest BCUT2D eigenvalue weighted by atomic mass is 32.2. The molecule has 0 fully saturated rings. The number of carbonyl (C=O) groups is 1. The van der Waals surface area contributed by atoms with Crippen LogP contribution < -0.4 is 10.6 Å². The van der Waals surface area contributed by atoms with E-state index in [-0.39, 0.29) is 23.1 Å². The number of carbonyl (C=O) groups excluding carboxylic acids is 1. The molecule has 0 aliphatic heterocycles. The molecule has 2 N–H and O–H groups in total. The molecule has 2 rings (SSSR count). The third-order valence-electron chi connectivity index (χ3n) is 3.38. The molecular formula is C17H20N2O3S. The van der Waals surface area contributed by atoms with Gasteiger partial charge in [-0.25, -0.2) is 8.42 Å². The number of sulfone groups is 1. The number of anilines is 2. The number of nitrogens with one attached hydrogen (secondary N) is 2. The first kappa shape index (κ1) is 17.0. The number of benzene rings is 2. The lowest BCUT2D eigenvalue weighted by atomic mass is 10.2. The van der Waals surface area contributed by atoms with Gasteiger partial charge in [0, 0.05) is 11.4 Å². The molecule has 23 heavy (non-hydrogen) atoms. The average molecular weight is 332 g/mol. The summed E-state index contributed by atoms with van der Waals surface area (Å²) in [6, 6.07) is 13.9. The first-order valence-corrected chi connectivity index (χ1v) is 8.99. The van der Waals surface area contributed by atoms with E-state index in [9.17, 15) is 13.2 Å². The van der Waals surface area contributed by atoms with Gasteiger partial charge in [0.1, 0.15) is 0 Å². The monoisotopic (exact) mass is 332 g/mol. The average Bonchev–Trinajstić information content (AvgIpc) is 2.55. The second-order valence-electron chi connectivity index (χ2n) is 5.20. The molecule has 0 aliphatic rings. The Kier molecular flexibility index (Phi) is 5.39. The fraction of sp³-hybridized carbons (Fsp3) is 0.235. The summed E-state index contributed by atoms with van der Waals surface area (Å²) in [6.45, 7) is 3.69. The molecule has 2 aromatic rings. The SMILES string of the molecule is CCS(=O)(=O)c1ccc(NCC(=O)Nc2ccc(C)cc2)cc1. The van der Waals surface area contributed by atoms with Gasteiger partial charge in [0.2, 0.25) is 5.91 Å². The van der Waals surface area contributed by atoms with E-state index in [1.54, 1.807) is 31.2 Å². The summed E-state index contributed by atoms with van der Waals surface area (Å²) >= 11 is 0. The zero-order valence-corrected chi connectivity index (χ0v) is 14.0. The molecule has 0 heterocycles. The lowest BCUT2D eigenvalue weighted by Gasteiger charge is -2.09. The molecule has 0 radical (unpaired) electrons. The molecule has 0 unspecified atom stereocenters. The minimum atomic E-state index is -3.20. The molecule has 0 saturated heterocycles. The number of hydrogen-bond donors (Lipinski definition) is 2. The van der Waals surface area contributed by atoms with Gasteiger partial charge in [0.05, 0.1) is 17.2 Å². The van der Waals surface area contributed by atoms with Crippen molar-refractivity contribution in [3.05, 3.63) is 54.1 Å². The molecule has 0 aromatic heterocycles. The van der Waals surface area contributed by atoms with E-state index in [1.807, 2.05) is 31.2 Å². The Bertz CT molecular complexity index is 766. The van der Waals surface area contributed by atoms with E-state index in [0.29, 0.717) is 5.69 Å². The maximum atomic E-state index is 11.9. The van der Waals surface area contributed by atoms with Crippen molar-refractivity contribution < 1.29 is 13.2 Å². The summed E-state index contributed by atoms with van der Waals surface area (Å²) in [7, 11) is -3.20. The second-order valence-corrected chi connectivity index (χ2v) is 7.47. The maximum absolute atomic E-state index is 11.9. The summed E-state index contributed by atoms with van der Waals surface area (Å²) in [5.74, 6) is -0.0993. The molecule has 0 aliphatic carbocycles. The van der Waals surface area contributed by atoms with Gasteiger partial charge < -0.3 is 10.6 Å². The van der Waals surface area contributed by atoms with Crippen molar-refractivity contribution in [1.82, 2.24) is 0 Å². The Labute approximate surface area is 136 Å². The Balaban J connectivity index is 1.90. The van der Waals surface area contributed by atoms with Crippen molar-refractivity contribution in [1.29, 1.82) is 0 Å². The zero-order valence-electron chi connectivity index (χ0n) is 13.2. The van der Waals surface area contributed by atoms with Gasteiger partial charge in [0.25, 0.3) is 0 Å². The van der Waals surface area contributed by atoms with Crippen LogP contribution in [0.4, 0.5) is 11.4 Å². The highest BCUT2D eigenvalue weighted by Gasteiger charge is 2.10. The molecule has 122 valence electrons. The van der Waals surface area contributed by atoms with E-state index < -0.39 is 9.84 Å². The van der Waals surface area contributed by atoms with Crippen LogP contribution in [0.3, 0.4) is 0 Å². The Morgan fingerprint density at radius 2 is 1.52 bits per heavy atom. The maximum Gasteiger partial charge on any atom is 0.243 e. The molecule has 6 heteroatoms. The molecule has 1 amide bonds. The van der Waals surface area contributed by atoms with Crippen LogP contribution in [0.15, 0.2) is 53.4 Å². The van der Waals surface area contributed by atoms with Crippen molar-refractivity contribution >= 4 is 27.1 Å². The van der Waals surface area contributed by atoms with E-state index in [2.05, 4.69) is 10.6 Å². The van der Waals surface area contributed by atoms with E-state index in [1.165, 1.54) is 0 Å². The largest absolute Gasteiger partial charge is 0.376 e. The van der Waals surface area contributed by atoms with Crippen LogP contribution in [0.25, 0.3) is 0 Å². The summed E-state index contributed by atoms with van der Waals surface area (Å²) in [6.07, 6.45) is 0. The molecule has 2 aromatic carbocycles. The third-order valence-corrected chi connectivity index (χ3v) is 5.13. The van der Waals surface area contributed by atoms with Crippen molar-refractivity contribution in [3.8, 4) is 0 Å². The Hall–Kier alpha value is -2.34. The fourth-order valence-electron chi connectivity index (χ4n) is 1.97. The second kappa shape index (κ2) is 7.28. The van der Waals surface area contributed by atoms with Crippen LogP contribution in [0.2, 0.25) is 0 Å². The molecule has 0 bridgehead atoms. The van der Waals surface area contributed by atoms with Crippen LogP contribution >= 0.6 is 0 Å². The molecule has 0 atom stereocenters. The van der Waals surface area contributed by atoms with Gasteiger partial charge in [-0.2, -0.15) is 0 Å². The van der Waals surface area contributed by atoms with Crippen LogP contribution in [0.5, 0.6) is 0 Å². The first-order chi connectivity index (χ1) is 10.9. The molecular weight excluding hydrogens is 312 g/mol. The van der Waals surface area contributed by atoms with Crippen LogP contribution in [-0.4, -0.2) is 26.6 Å². The van der Waals surface area contributed by atoms with Crippen molar-refractivity contribution in [2.45, 2.75) is 18.7 Å². The van der Waals surface area contributed by atoms with E-state index >= 15 is 0 Å². The third kappa shape index (κ3) is 4.82. The highest BCUT2D eigenvalue weighted by Crippen LogP contribution is 2.15. The van der Waals surface area contributed by atoms with E-state index in [0.717, 1.165) is 11.3 Å². The summed E-state index contributed by atoms with van der Waals surface area (Å²) in [5.41, 5.74) is 2.56. The quantitative estimate of drug-likeness (QED) is 0.853. The van der Waals surface area contributed by atoms with Gasteiger partial charge in [-0.15, -0.1) is 0 Å². The molecule has 5 nitrogen and oxygen atoms in total. The molecule has 0 saturated carbocycles. The number of amides is 1. The predicted octanol–water partition coefficient (Wildman–Crippen LogP) is 2.84. The van der Waals surface area contributed by atoms with Crippen LogP contribution in [-0.2, 0) is 14.6 Å². The van der Waals surface area contributed by atoms with Crippen molar-refractivity contribution in [2.24, 2.45) is 0 Å².